The standard InChI is InChI=1S/C8H5BrFNO5/c9-3-1-4(7(12)8(13)14)6(11(15)16)5(10)2-3/h1-2,7,12H,(H,13,14). The third-order valence-electron chi connectivity index (χ3n) is 1.77. The van der Waals surface area contributed by atoms with Crippen LogP contribution in [0.15, 0.2) is 16.6 Å². The molecule has 0 saturated carbocycles. The zero-order valence-electron chi connectivity index (χ0n) is 7.55. The molecule has 2 N–H and O–H groups in total. The van der Waals surface area contributed by atoms with Gasteiger partial charge in [-0.1, -0.05) is 15.9 Å². The van der Waals surface area contributed by atoms with E-state index in [1.54, 1.807) is 0 Å². The van der Waals surface area contributed by atoms with Gasteiger partial charge in [-0.05, 0) is 12.1 Å². The molecule has 1 atom stereocenters. The Morgan fingerprint density at radius 2 is 2.12 bits per heavy atom. The van der Waals surface area contributed by atoms with Crippen molar-refractivity contribution in [2.45, 2.75) is 6.10 Å². The third-order valence-corrected chi connectivity index (χ3v) is 2.23. The van der Waals surface area contributed by atoms with E-state index < -0.39 is 34.1 Å². The summed E-state index contributed by atoms with van der Waals surface area (Å²) in [7, 11) is 0. The highest BCUT2D eigenvalue weighted by molar-refractivity contribution is 9.10. The van der Waals surface area contributed by atoms with Gasteiger partial charge in [0, 0.05) is 4.47 Å². The van der Waals surface area contributed by atoms with E-state index in [0.29, 0.717) is 0 Å². The summed E-state index contributed by atoms with van der Waals surface area (Å²) in [6.07, 6.45) is -2.15. The molecule has 8 heteroatoms. The molecule has 0 aliphatic carbocycles. The predicted octanol–water partition coefficient (Wildman–Crippen LogP) is 1.61. The normalized spacial score (nSPS) is 12.2. The summed E-state index contributed by atoms with van der Waals surface area (Å²) in [5.41, 5.74) is -1.65. The lowest BCUT2D eigenvalue weighted by atomic mass is 10.1. The number of carbonyl (C=O) groups is 1. The molecule has 1 unspecified atom stereocenters. The van der Waals surface area contributed by atoms with Gasteiger partial charge in [0.05, 0.1) is 10.5 Å². The molecule has 0 heterocycles. The van der Waals surface area contributed by atoms with Crippen LogP contribution in [0.1, 0.15) is 11.7 Å². The third kappa shape index (κ3) is 2.34. The fraction of sp³-hybridized carbons (Fsp3) is 0.125. The summed E-state index contributed by atoms with van der Waals surface area (Å²) in [4.78, 5) is 19.9. The number of aliphatic hydroxyl groups is 1. The van der Waals surface area contributed by atoms with Crippen molar-refractivity contribution in [2.75, 3.05) is 0 Å². The van der Waals surface area contributed by atoms with Gasteiger partial charge in [-0.2, -0.15) is 4.39 Å². The van der Waals surface area contributed by atoms with Crippen LogP contribution in [0.25, 0.3) is 0 Å². The number of carboxylic acid groups (broad SMARTS) is 1. The first-order valence-electron chi connectivity index (χ1n) is 3.88. The molecule has 1 aromatic rings. The summed E-state index contributed by atoms with van der Waals surface area (Å²) < 4.78 is 13.3. The highest BCUT2D eigenvalue weighted by atomic mass is 79.9. The Hall–Kier alpha value is -1.54. The second-order valence-corrected chi connectivity index (χ2v) is 3.74. The molecule has 0 saturated heterocycles. The molecule has 86 valence electrons. The highest BCUT2D eigenvalue weighted by Crippen LogP contribution is 2.31. The van der Waals surface area contributed by atoms with Gasteiger partial charge in [0.25, 0.3) is 0 Å². The number of nitro groups is 1. The summed E-state index contributed by atoms with van der Waals surface area (Å²) in [6, 6.07) is 1.80. The number of nitrogens with zero attached hydrogens (tertiary/aromatic N) is 1. The lowest BCUT2D eigenvalue weighted by molar-refractivity contribution is -0.388. The van der Waals surface area contributed by atoms with Crippen LogP contribution in [0, 0.1) is 15.9 Å². The Morgan fingerprint density at radius 1 is 1.56 bits per heavy atom. The number of carboxylic acids is 1. The van der Waals surface area contributed by atoms with Crippen molar-refractivity contribution in [3.63, 3.8) is 0 Å². The van der Waals surface area contributed by atoms with Crippen molar-refractivity contribution >= 4 is 27.6 Å². The maximum Gasteiger partial charge on any atom is 0.337 e. The molecule has 0 fully saturated rings. The molecule has 0 aromatic heterocycles. The molecule has 0 radical (unpaired) electrons. The van der Waals surface area contributed by atoms with Crippen molar-refractivity contribution < 1.29 is 24.3 Å². The smallest absolute Gasteiger partial charge is 0.337 e. The summed E-state index contributed by atoms with van der Waals surface area (Å²) in [5.74, 6) is -2.91. The summed E-state index contributed by atoms with van der Waals surface area (Å²) >= 11 is 2.85. The number of nitro benzene ring substituents is 1. The minimum atomic E-state index is -2.15. The maximum absolute atomic E-state index is 13.2. The van der Waals surface area contributed by atoms with Crippen LogP contribution >= 0.6 is 15.9 Å². The van der Waals surface area contributed by atoms with E-state index in [9.17, 15) is 24.4 Å². The van der Waals surface area contributed by atoms with E-state index in [1.807, 2.05) is 0 Å². The SMILES string of the molecule is O=C(O)C(O)c1cc(Br)cc(F)c1[N+](=O)[O-]. The molecule has 0 spiro atoms. The van der Waals surface area contributed by atoms with Gasteiger partial charge in [0.1, 0.15) is 0 Å². The van der Waals surface area contributed by atoms with Crippen LogP contribution in [-0.4, -0.2) is 21.1 Å². The zero-order valence-corrected chi connectivity index (χ0v) is 9.14. The summed E-state index contributed by atoms with van der Waals surface area (Å²) in [6.45, 7) is 0. The number of hydrogen-bond donors (Lipinski definition) is 2. The molecule has 0 aliphatic rings. The number of aliphatic carboxylic acids is 1. The molecule has 1 aromatic carbocycles. The van der Waals surface area contributed by atoms with Crippen molar-refractivity contribution in [1.29, 1.82) is 0 Å². The van der Waals surface area contributed by atoms with Crippen LogP contribution in [0.5, 0.6) is 0 Å². The van der Waals surface area contributed by atoms with Gasteiger partial charge < -0.3 is 10.2 Å². The van der Waals surface area contributed by atoms with Gasteiger partial charge in [0.15, 0.2) is 6.10 Å². The van der Waals surface area contributed by atoms with Crippen LogP contribution in [0.3, 0.4) is 0 Å². The molecule has 0 aliphatic heterocycles. The first-order chi connectivity index (χ1) is 7.34. The average molecular weight is 294 g/mol. The number of hydrogen-bond acceptors (Lipinski definition) is 4. The van der Waals surface area contributed by atoms with E-state index in [1.165, 1.54) is 0 Å². The molecule has 0 bridgehead atoms. The Bertz CT molecular complexity index is 464. The number of rotatable bonds is 3. The lowest BCUT2D eigenvalue weighted by Gasteiger charge is -2.07. The molecule has 6 nitrogen and oxygen atoms in total. The molecular formula is C8H5BrFNO5. The molecule has 1 rings (SSSR count). The maximum atomic E-state index is 13.2. The predicted molar refractivity (Wildman–Crippen MR) is 53.4 cm³/mol. The van der Waals surface area contributed by atoms with Gasteiger partial charge in [-0.25, -0.2) is 4.79 Å². The van der Waals surface area contributed by atoms with Crippen LogP contribution in [-0.2, 0) is 4.79 Å². The Morgan fingerprint density at radius 3 is 2.56 bits per heavy atom. The van der Waals surface area contributed by atoms with Crippen LogP contribution in [0.2, 0.25) is 0 Å². The topological polar surface area (TPSA) is 101 Å². The van der Waals surface area contributed by atoms with Crippen molar-refractivity contribution in [1.82, 2.24) is 0 Å². The second kappa shape index (κ2) is 4.54. The van der Waals surface area contributed by atoms with E-state index in [2.05, 4.69) is 15.9 Å². The molecule has 16 heavy (non-hydrogen) atoms. The number of benzene rings is 1. The lowest BCUT2D eigenvalue weighted by Crippen LogP contribution is -2.13. The second-order valence-electron chi connectivity index (χ2n) is 2.82. The monoisotopic (exact) mass is 293 g/mol. The fourth-order valence-electron chi connectivity index (χ4n) is 1.12. The van der Waals surface area contributed by atoms with E-state index in [-0.39, 0.29) is 4.47 Å². The van der Waals surface area contributed by atoms with Gasteiger partial charge in [0.2, 0.25) is 5.82 Å². The van der Waals surface area contributed by atoms with E-state index in [0.717, 1.165) is 12.1 Å². The average Bonchev–Trinajstić information content (AvgIpc) is 2.14. The van der Waals surface area contributed by atoms with Crippen molar-refractivity contribution in [3.8, 4) is 0 Å². The Labute approximate surface area is 96.6 Å². The minimum Gasteiger partial charge on any atom is -0.479 e. The molecular weight excluding hydrogens is 289 g/mol. The van der Waals surface area contributed by atoms with E-state index >= 15 is 0 Å². The fourth-order valence-corrected chi connectivity index (χ4v) is 1.57. The van der Waals surface area contributed by atoms with Gasteiger partial charge in [-0.3, -0.25) is 10.1 Å². The Balaban J connectivity index is 3.46. The number of halogens is 2. The van der Waals surface area contributed by atoms with Gasteiger partial charge in [-0.15, -0.1) is 0 Å². The van der Waals surface area contributed by atoms with E-state index in [4.69, 9.17) is 5.11 Å². The minimum absolute atomic E-state index is 0.103. The molecule has 0 amide bonds. The van der Waals surface area contributed by atoms with Crippen molar-refractivity contribution in [2.24, 2.45) is 0 Å². The first kappa shape index (κ1) is 12.5. The highest BCUT2D eigenvalue weighted by Gasteiger charge is 2.29. The van der Waals surface area contributed by atoms with Crippen LogP contribution in [0.4, 0.5) is 10.1 Å². The first-order valence-corrected chi connectivity index (χ1v) is 4.68. The summed E-state index contributed by atoms with van der Waals surface area (Å²) in [5, 5.41) is 28.2. The van der Waals surface area contributed by atoms with Crippen molar-refractivity contribution in [3.05, 3.63) is 38.1 Å². The zero-order chi connectivity index (χ0) is 12.5. The van der Waals surface area contributed by atoms with Crippen LogP contribution < -0.4 is 0 Å². The Kier molecular flexibility index (Phi) is 3.55. The van der Waals surface area contributed by atoms with Gasteiger partial charge >= 0.3 is 11.7 Å². The largest absolute Gasteiger partial charge is 0.479 e. The number of aliphatic hydroxyl groups excluding tert-OH is 1. The quantitative estimate of drug-likeness (QED) is 0.651.